The van der Waals surface area contributed by atoms with Crippen molar-refractivity contribution in [1.29, 1.82) is 0 Å². The second kappa shape index (κ2) is 6.22. The highest BCUT2D eigenvalue weighted by Crippen LogP contribution is 2.16. The fraction of sp³-hybridized carbons (Fsp3) is 0.533. The Hall–Kier alpha value is -1.95. The Morgan fingerprint density at radius 1 is 1.33 bits per heavy atom. The van der Waals surface area contributed by atoms with E-state index in [4.69, 9.17) is 0 Å². The van der Waals surface area contributed by atoms with Gasteiger partial charge in [-0.15, -0.1) is 0 Å². The van der Waals surface area contributed by atoms with Crippen molar-refractivity contribution >= 4 is 5.95 Å². The zero-order valence-electron chi connectivity index (χ0n) is 12.7. The number of hydrogen-bond acceptors (Lipinski definition) is 5. The van der Waals surface area contributed by atoms with Crippen LogP contribution in [-0.2, 0) is 13.6 Å². The van der Waals surface area contributed by atoms with Crippen LogP contribution in [0.4, 0.5) is 5.95 Å². The summed E-state index contributed by atoms with van der Waals surface area (Å²) in [5.74, 6) is 0.835. The van der Waals surface area contributed by atoms with Gasteiger partial charge in [-0.25, -0.2) is 9.97 Å². The van der Waals surface area contributed by atoms with Crippen LogP contribution in [0.3, 0.4) is 0 Å². The number of piperidine rings is 1. The van der Waals surface area contributed by atoms with Gasteiger partial charge in [0.15, 0.2) is 0 Å². The molecule has 3 heterocycles. The summed E-state index contributed by atoms with van der Waals surface area (Å²) in [6.07, 6.45) is 7.92. The Balaban J connectivity index is 1.58. The largest absolute Gasteiger partial charge is 0.339 e. The van der Waals surface area contributed by atoms with Gasteiger partial charge in [-0.2, -0.15) is 5.10 Å². The zero-order valence-corrected chi connectivity index (χ0v) is 12.7. The van der Waals surface area contributed by atoms with Gasteiger partial charge >= 0.3 is 0 Å². The molecule has 2 aromatic rings. The van der Waals surface area contributed by atoms with Crippen molar-refractivity contribution in [3.63, 3.8) is 0 Å². The summed E-state index contributed by atoms with van der Waals surface area (Å²) in [5, 5.41) is 7.93. The third-order valence-electron chi connectivity index (χ3n) is 4.17. The number of hydrogen-bond donors (Lipinski definition) is 1. The first kappa shape index (κ1) is 14.0. The van der Waals surface area contributed by atoms with Gasteiger partial charge in [0.1, 0.15) is 0 Å². The molecule has 1 N–H and O–H groups in total. The van der Waals surface area contributed by atoms with Crippen molar-refractivity contribution in [2.75, 3.05) is 18.0 Å². The van der Waals surface area contributed by atoms with E-state index in [1.807, 2.05) is 24.0 Å². The third-order valence-corrected chi connectivity index (χ3v) is 4.17. The van der Waals surface area contributed by atoms with E-state index in [9.17, 15) is 0 Å². The molecule has 6 nitrogen and oxygen atoms in total. The van der Waals surface area contributed by atoms with E-state index < -0.39 is 0 Å². The molecular weight excluding hydrogens is 264 g/mol. The van der Waals surface area contributed by atoms with Gasteiger partial charge in [0.05, 0.1) is 6.20 Å². The molecule has 1 fully saturated rings. The number of aromatic nitrogens is 4. The second-order valence-corrected chi connectivity index (χ2v) is 5.59. The Morgan fingerprint density at radius 3 is 2.86 bits per heavy atom. The molecular formula is C15H22N6. The smallest absolute Gasteiger partial charge is 0.225 e. The van der Waals surface area contributed by atoms with Crippen molar-refractivity contribution < 1.29 is 0 Å². The molecule has 0 aromatic carbocycles. The van der Waals surface area contributed by atoms with E-state index in [1.165, 1.54) is 24.1 Å². The molecule has 0 saturated carbocycles. The van der Waals surface area contributed by atoms with Crippen LogP contribution in [0, 0.1) is 6.92 Å². The van der Waals surface area contributed by atoms with E-state index in [-0.39, 0.29) is 0 Å². The molecule has 0 spiro atoms. The summed E-state index contributed by atoms with van der Waals surface area (Å²) >= 11 is 0. The maximum absolute atomic E-state index is 4.35. The predicted molar refractivity (Wildman–Crippen MR) is 82.1 cm³/mol. The lowest BCUT2D eigenvalue weighted by molar-refractivity contribution is 0.418. The highest BCUT2D eigenvalue weighted by molar-refractivity contribution is 5.29. The quantitative estimate of drug-likeness (QED) is 0.917. The second-order valence-electron chi connectivity index (χ2n) is 5.59. The van der Waals surface area contributed by atoms with E-state index in [1.54, 1.807) is 12.4 Å². The van der Waals surface area contributed by atoms with Crippen molar-refractivity contribution in [2.24, 2.45) is 7.05 Å². The molecule has 0 bridgehead atoms. The van der Waals surface area contributed by atoms with Gasteiger partial charge in [0.25, 0.3) is 0 Å². The lowest BCUT2D eigenvalue weighted by atomic mass is 10.1. The van der Waals surface area contributed by atoms with Crippen molar-refractivity contribution in [3.8, 4) is 0 Å². The van der Waals surface area contributed by atoms with Gasteiger partial charge in [0.2, 0.25) is 5.95 Å². The molecule has 0 amide bonds. The first-order chi connectivity index (χ1) is 10.2. The van der Waals surface area contributed by atoms with Crippen LogP contribution in [-0.4, -0.2) is 38.9 Å². The average Bonchev–Trinajstić information content (AvgIpc) is 2.86. The van der Waals surface area contributed by atoms with Crippen LogP contribution in [0.5, 0.6) is 0 Å². The topological polar surface area (TPSA) is 58.9 Å². The minimum atomic E-state index is 0.474. The minimum Gasteiger partial charge on any atom is -0.339 e. The maximum Gasteiger partial charge on any atom is 0.225 e. The van der Waals surface area contributed by atoms with E-state index in [0.29, 0.717) is 6.04 Å². The van der Waals surface area contributed by atoms with Gasteiger partial charge in [-0.05, 0) is 25.8 Å². The molecule has 1 atom stereocenters. The first-order valence-electron chi connectivity index (χ1n) is 7.47. The van der Waals surface area contributed by atoms with Crippen molar-refractivity contribution in [2.45, 2.75) is 32.4 Å². The first-order valence-corrected chi connectivity index (χ1v) is 7.47. The molecule has 6 heteroatoms. The Kier molecular flexibility index (Phi) is 4.15. The summed E-state index contributed by atoms with van der Waals surface area (Å²) in [7, 11) is 1.98. The summed E-state index contributed by atoms with van der Waals surface area (Å²) in [6.45, 7) is 4.97. The lowest BCUT2D eigenvalue weighted by Gasteiger charge is -2.33. The molecule has 0 radical (unpaired) electrons. The number of nitrogens with one attached hydrogen (secondary N) is 1. The molecule has 112 valence electrons. The summed E-state index contributed by atoms with van der Waals surface area (Å²) in [6, 6.07) is 2.33. The average molecular weight is 286 g/mol. The maximum atomic E-state index is 4.35. The third kappa shape index (κ3) is 3.21. The molecule has 2 aromatic heterocycles. The number of aryl methyl sites for hydroxylation is 1. The van der Waals surface area contributed by atoms with Crippen LogP contribution in [0.2, 0.25) is 0 Å². The normalized spacial score (nSPS) is 19.0. The highest BCUT2D eigenvalue weighted by atomic mass is 15.3. The van der Waals surface area contributed by atoms with E-state index in [2.05, 4.69) is 32.2 Å². The SMILES string of the molecule is Cc1c(CNC2CCCN(c3ncccn3)C2)cnn1C. The molecule has 3 rings (SSSR count). The molecule has 1 saturated heterocycles. The van der Waals surface area contributed by atoms with E-state index in [0.717, 1.165) is 25.6 Å². The predicted octanol–water partition coefficient (Wildman–Crippen LogP) is 1.28. The van der Waals surface area contributed by atoms with Gasteiger partial charge < -0.3 is 10.2 Å². The monoisotopic (exact) mass is 286 g/mol. The number of nitrogens with zero attached hydrogens (tertiary/aromatic N) is 5. The standard InChI is InChI=1S/C15H22N6/c1-12-13(10-19-20(12)2)9-18-14-5-3-8-21(11-14)15-16-6-4-7-17-15/h4,6-7,10,14,18H,3,5,8-9,11H2,1-2H3. The summed E-state index contributed by atoms with van der Waals surface area (Å²) < 4.78 is 1.92. The van der Waals surface area contributed by atoms with Crippen molar-refractivity contribution in [1.82, 2.24) is 25.1 Å². The summed E-state index contributed by atoms with van der Waals surface area (Å²) in [4.78, 5) is 11.0. The Morgan fingerprint density at radius 2 is 2.14 bits per heavy atom. The molecule has 0 aliphatic carbocycles. The molecule has 1 unspecified atom stereocenters. The molecule has 21 heavy (non-hydrogen) atoms. The Labute approximate surface area is 125 Å². The number of anilines is 1. The number of rotatable bonds is 4. The van der Waals surface area contributed by atoms with Gasteiger partial charge in [-0.3, -0.25) is 4.68 Å². The minimum absolute atomic E-state index is 0.474. The zero-order chi connectivity index (χ0) is 14.7. The van der Waals surface area contributed by atoms with Crippen LogP contribution >= 0.6 is 0 Å². The van der Waals surface area contributed by atoms with E-state index >= 15 is 0 Å². The molecule has 1 aliphatic heterocycles. The lowest BCUT2D eigenvalue weighted by Crippen LogP contribution is -2.46. The van der Waals surface area contributed by atoms with Crippen LogP contribution < -0.4 is 10.2 Å². The van der Waals surface area contributed by atoms with Gasteiger partial charge in [-0.1, -0.05) is 0 Å². The van der Waals surface area contributed by atoms with Crippen molar-refractivity contribution in [3.05, 3.63) is 35.9 Å². The fourth-order valence-electron chi connectivity index (χ4n) is 2.75. The summed E-state index contributed by atoms with van der Waals surface area (Å²) in [5.41, 5.74) is 2.49. The Bertz CT molecular complexity index is 579. The van der Waals surface area contributed by atoms with Gasteiger partial charge in [0, 0.05) is 56.4 Å². The highest BCUT2D eigenvalue weighted by Gasteiger charge is 2.21. The van der Waals surface area contributed by atoms with Crippen LogP contribution in [0.15, 0.2) is 24.7 Å². The van der Waals surface area contributed by atoms with Crippen LogP contribution in [0.25, 0.3) is 0 Å². The molecule has 1 aliphatic rings. The fourth-order valence-corrected chi connectivity index (χ4v) is 2.75. The van der Waals surface area contributed by atoms with Crippen LogP contribution in [0.1, 0.15) is 24.1 Å².